The predicted octanol–water partition coefficient (Wildman–Crippen LogP) is 0.805. The van der Waals surface area contributed by atoms with Crippen LogP contribution in [0, 0.1) is 0 Å². The standard InChI is InChI=1S/C12H18N2O3S2/c13-10-2-1-3-11(8-10)18-6-7-19(16,17)14-12(9-15)4-5-12/h1-3,8,14-15H,4-7,9,13H2. The monoisotopic (exact) mass is 302 g/mol. The Kier molecular flexibility index (Phi) is 4.39. The number of anilines is 1. The molecular weight excluding hydrogens is 284 g/mol. The minimum atomic E-state index is -3.33. The Labute approximate surface area is 117 Å². The lowest BCUT2D eigenvalue weighted by molar-refractivity contribution is 0.246. The molecule has 19 heavy (non-hydrogen) atoms. The zero-order valence-electron chi connectivity index (χ0n) is 10.5. The first-order chi connectivity index (χ1) is 8.95. The van der Waals surface area contributed by atoms with Crippen LogP contribution in [0.2, 0.25) is 0 Å². The highest BCUT2D eigenvalue weighted by atomic mass is 32.2. The predicted molar refractivity (Wildman–Crippen MR) is 77.6 cm³/mol. The van der Waals surface area contributed by atoms with Crippen molar-refractivity contribution >= 4 is 27.5 Å². The second-order valence-electron chi connectivity index (χ2n) is 4.78. The Morgan fingerprint density at radius 3 is 2.74 bits per heavy atom. The summed E-state index contributed by atoms with van der Waals surface area (Å²) in [5.41, 5.74) is 5.74. The van der Waals surface area contributed by atoms with Crippen LogP contribution in [0.15, 0.2) is 29.2 Å². The van der Waals surface area contributed by atoms with Crippen LogP contribution < -0.4 is 10.5 Å². The second kappa shape index (κ2) is 5.70. The highest BCUT2D eigenvalue weighted by Crippen LogP contribution is 2.35. The Balaban J connectivity index is 1.82. The van der Waals surface area contributed by atoms with Crippen molar-refractivity contribution in [2.24, 2.45) is 0 Å². The lowest BCUT2D eigenvalue weighted by atomic mass is 10.3. The van der Waals surface area contributed by atoms with Gasteiger partial charge in [-0.2, -0.15) is 0 Å². The van der Waals surface area contributed by atoms with Crippen LogP contribution in [-0.4, -0.2) is 37.2 Å². The maximum Gasteiger partial charge on any atom is 0.213 e. The van der Waals surface area contributed by atoms with E-state index in [0.717, 1.165) is 4.90 Å². The molecule has 0 unspecified atom stereocenters. The molecule has 0 bridgehead atoms. The van der Waals surface area contributed by atoms with Gasteiger partial charge in [-0.15, -0.1) is 11.8 Å². The first-order valence-corrected chi connectivity index (χ1v) is 8.69. The largest absolute Gasteiger partial charge is 0.399 e. The summed E-state index contributed by atoms with van der Waals surface area (Å²) in [6.45, 7) is -0.130. The molecule has 0 radical (unpaired) electrons. The number of benzene rings is 1. The third kappa shape index (κ3) is 4.38. The summed E-state index contributed by atoms with van der Waals surface area (Å²) in [7, 11) is -3.33. The molecule has 4 N–H and O–H groups in total. The Hall–Kier alpha value is -0.760. The summed E-state index contributed by atoms with van der Waals surface area (Å²) in [5.74, 6) is 0.495. The molecule has 1 fully saturated rings. The van der Waals surface area contributed by atoms with Gasteiger partial charge in [0, 0.05) is 16.3 Å². The van der Waals surface area contributed by atoms with E-state index in [1.165, 1.54) is 11.8 Å². The van der Waals surface area contributed by atoms with E-state index < -0.39 is 15.6 Å². The van der Waals surface area contributed by atoms with Gasteiger partial charge in [-0.25, -0.2) is 13.1 Å². The van der Waals surface area contributed by atoms with Crippen LogP contribution in [0.4, 0.5) is 5.69 Å². The molecule has 1 aliphatic rings. The minimum Gasteiger partial charge on any atom is -0.399 e. The maximum absolute atomic E-state index is 11.8. The van der Waals surface area contributed by atoms with Gasteiger partial charge in [-0.1, -0.05) is 6.07 Å². The number of rotatable bonds is 7. The first-order valence-electron chi connectivity index (χ1n) is 6.06. The number of thioether (sulfide) groups is 1. The highest BCUT2D eigenvalue weighted by Gasteiger charge is 2.45. The number of hydrogen-bond acceptors (Lipinski definition) is 5. The summed E-state index contributed by atoms with van der Waals surface area (Å²) in [6.07, 6.45) is 1.43. The van der Waals surface area contributed by atoms with Crippen LogP contribution in [-0.2, 0) is 10.0 Å². The highest BCUT2D eigenvalue weighted by molar-refractivity contribution is 8.00. The fourth-order valence-electron chi connectivity index (χ4n) is 1.70. The van der Waals surface area contributed by atoms with E-state index in [1.807, 2.05) is 18.2 Å². The molecule has 0 amide bonds. The van der Waals surface area contributed by atoms with Crippen molar-refractivity contribution in [3.05, 3.63) is 24.3 Å². The van der Waals surface area contributed by atoms with E-state index in [2.05, 4.69) is 4.72 Å². The van der Waals surface area contributed by atoms with E-state index in [0.29, 0.717) is 24.3 Å². The van der Waals surface area contributed by atoms with Crippen molar-refractivity contribution in [3.8, 4) is 0 Å². The summed E-state index contributed by atoms with van der Waals surface area (Å²) in [4.78, 5) is 0.957. The van der Waals surface area contributed by atoms with Gasteiger partial charge in [-0.3, -0.25) is 0 Å². The van der Waals surface area contributed by atoms with Gasteiger partial charge in [-0.05, 0) is 31.0 Å². The van der Waals surface area contributed by atoms with Crippen molar-refractivity contribution in [2.75, 3.05) is 23.8 Å². The molecule has 0 spiro atoms. The van der Waals surface area contributed by atoms with Crippen LogP contribution in [0.3, 0.4) is 0 Å². The summed E-state index contributed by atoms with van der Waals surface area (Å²) >= 11 is 1.45. The molecule has 0 aliphatic heterocycles. The molecule has 1 aliphatic carbocycles. The van der Waals surface area contributed by atoms with Gasteiger partial charge in [0.05, 0.1) is 17.9 Å². The lowest BCUT2D eigenvalue weighted by Gasteiger charge is -2.14. The van der Waals surface area contributed by atoms with Crippen molar-refractivity contribution < 1.29 is 13.5 Å². The number of sulfonamides is 1. The molecule has 7 heteroatoms. The molecule has 0 heterocycles. The molecule has 106 valence electrons. The molecule has 1 saturated carbocycles. The fourth-order valence-corrected chi connectivity index (χ4v) is 4.57. The average Bonchev–Trinajstić information content (AvgIpc) is 3.08. The molecule has 0 aromatic heterocycles. The van der Waals surface area contributed by atoms with Gasteiger partial charge >= 0.3 is 0 Å². The molecule has 0 atom stereocenters. The average molecular weight is 302 g/mol. The Morgan fingerprint density at radius 1 is 1.42 bits per heavy atom. The quantitative estimate of drug-likeness (QED) is 0.512. The normalized spacial score (nSPS) is 17.3. The van der Waals surface area contributed by atoms with Crippen molar-refractivity contribution in [3.63, 3.8) is 0 Å². The van der Waals surface area contributed by atoms with Crippen molar-refractivity contribution in [1.82, 2.24) is 4.72 Å². The van der Waals surface area contributed by atoms with Gasteiger partial charge in [0.2, 0.25) is 10.0 Å². The van der Waals surface area contributed by atoms with Gasteiger partial charge in [0.25, 0.3) is 0 Å². The van der Waals surface area contributed by atoms with Crippen LogP contribution in [0.5, 0.6) is 0 Å². The van der Waals surface area contributed by atoms with Crippen LogP contribution in [0.1, 0.15) is 12.8 Å². The Morgan fingerprint density at radius 2 is 2.16 bits per heavy atom. The molecule has 1 aromatic carbocycles. The summed E-state index contributed by atoms with van der Waals surface area (Å²) in [6, 6.07) is 7.35. The molecule has 5 nitrogen and oxygen atoms in total. The van der Waals surface area contributed by atoms with E-state index in [4.69, 9.17) is 10.8 Å². The third-order valence-corrected chi connectivity index (χ3v) is 5.75. The number of nitrogens with one attached hydrogen (secondary N) is 1. The van der Waals surface area contributed by atoms with Crippen molar-refractivity contribution in [1.29, 1.82) is 0 Å². The van der Waals surface area contributed by atoms with E-state index in [9.17, 15) is 8.42 Å². The van der Waals surface area contributed by atoms with Crippen LogP contribution >= 0.6 is 11.8 Å². The number of nitrogen functional groups attached to an aromatic ring is 1. The number of nitrogens with two attached hydrogens (primary N) is 1. The molecule has 2 rings (SSSR count). The SMILES string of the molecule is Nc1cccc(SCCS(=O)(=O)NC2(CO)CC2)c1. The van der Waals surface area contributed by atoms with E-state index >= 15 is 0 Å². The fraction of sp³-hybridized carbons (Fsp3) is 0.500. The minimum absolute atomic E-state index is 0.0359. The first kappa shape index (κ1) is 14.6. The molecular formula is C12H18N2O3S2. The third-order valence-electron chi connectivity index (χ3n) is 3.01. The Bertz CT molecular complexity index is 542. The molecule has 1 aromatic rings. The number of aliphatic hydroxyl groups excluding tert-OH is 1. The zero-order valence-corrected chi connectivity index (χ0v) is 12.1. The summed E-state index contributed by atoms with van der Waals surface area (Å²) in [5, 5.41) is 9.11. The smallest absolute Gasteiger partial charge is 0.213 e. The number of aliphatic hydroxyl groups is 1. The topological polar surface area (TPSA) is 92.4 Å². The lowest BCUT2D eigenvalue weighted by Crippen LogP contribution is -2.41. The van der Waals surface area contributed by atoms with E-state index in [1.54, 1.807) is 6.07 Å². The van der Waals surface area contributed by atoms with Gasteiger partial charge < -0.3 is 10.8 Å². The molecule has 0 saturated heterocycles. The maximum atomic E-state index is 11.8. The zero-order chi connectivity index (χ0) is 13.9. The number of hydrogen-bond donors (Lipinski definition) is 3. The van der Waals surface area contributed by atoms with Gasteiger partial charge in [0.15, 0.2) is 0 Å². The van der Waals surface area contributed by atoms with Crippen molar-refractivity contribution in [2.45, 2.75) is 23.3 Å². The van der Waals surface area contributed by atoms with E-state index in [-0.39, 0.29) is 12.4 Å². The second-order valence-corrected chi connectivity index (χ2v) is 7.79. The van der Waals surface area contributed by atoms with Crippen LogP contribution in [0.25, 0.3) is 0 Å². The van der Waals surface area contributed by atoms with Gasteiger partial charge in [0.1, 0.15) is 0 Å². The summed E-state index contributed by atoms with van der Waals surface area (Å²) < 4.78 is 26.3.